The summed E-state index contributed by atoms with van der Waals surface area (Å²) in [5.41, 5.74) is 1.23. The topological polar surface area (TPSA) is 82.9 Å². The molecule has 2 fully saturated rings. The molecular weight excluding hydrogens is 410 g/mol. The van der Waals surface area contributed by atoms with Crippen LogP contribution < -0.4 is 10.6 Å². The Balaban J connectivity index is 1.48. The van der Waals surface area contributed by atoms with Crippen molar-refractivity contribution < 1.29 is 4.74 Å². The molecule has 31 heavy (non-hydrogen) atoms. The van der Waals surface area contributed by atoms with Crippen LogP contribution in [-0.4, -0.2) is 35.8 Å². The van der Waals surface area contributed by atoms with E-state index in [1.165, 1.54) is 32.1 Å². The number of anilines is 2. The van der Waals surface area contributed by atoms with Crippen LogP contribution in [0.1, 0.15) is 51.4 Å². The summed E-state index contributed by atoms with van der Waals surface area (Å²) < 4.78 is 5.54. The Bertz CT molecular complexity index is 914. The highest BCUT2D eigenvalue weighted by Gasteiger charge is 2.31. The van der Waals surface area contributed by atoms with Crippen LogP contribution in [0.4, 0.5) is 11.6 Å². The van der Waals surface area contributed by atoms with E-state index >= 15 is 0 Å². The van der Waals surface area contributed by atoms with Crippen molar-refractivity contribution in [3.63, 3.8) is 0 Å². The smallest absolute Gasteiger partial charge is 0.126 e. The van der Waals surface area contributed by atoms with E-state index in [1.807, 2.05) is 24.3 Å². The third-order valence-corrected chi connectivity index (χ3v) is 6.65. The maximum Gasteiger partial charge on any atom is 0.126 e. The van der Waals surface area contributed by atoms with Gasteiger partial charge in [0.1, 0.15) is 11.6 Å². The van der Waals surface area contributed by atoms with Crippen LogP contribution in [0.3, 0.4) is 0 Å². The fraction of sp³-hybridized carbons (Fsp3) is 0.542. The third-order valence-electron chi connectivity index (χ3n) is 6.35. The van der Waals surface area contributed by atoms with Crippen LogP contribution in [0.25, 0.3) is 11.3 Å². The lowest BCUT2D eigenvalue weighted by Crippen LogP contribution is -2.29. The van der Waals surface area contributed by atoms with Crippen molar-refractivity contribution in [3.8, 4) is 17.3 Å². The molecule has 0 aromatic carbocycles. The van der Waals surface area contributed by atoms with Gasteiger partial charge in [0.2, 0.25) is 0 Å². The summed E-state index contributed by atoms with van der Waals surface area (Å²) in [6.07, 6.45) is 10.4. The van der Waals surface area contributed by atoms with Crippen molar-refractivity contribution in [2.45, 2.75) is 57.4 Å². The Morgan fingerprint density at radius 3 is 2.84 bits per heavy atom. The first-order chi connectivity index (χ1) is 15.2. The normalized spacial score (nSPS) is 22.3. The number of hydrogen-bond donors (Lipinski definition) is 2. The van der Waals surface area contributed by atoms with Gasteiger partial charge >= 0.3 is 0 Å². The second kappa shape index (κ2) is 10.3. The average Bonchev–Trinajstić information content (AvgIpc) is 3.06. The van der Waals surface area contributed by atoms with E-state index in [-0.39, 0.29) is 0 Å². The molecule has 7 heteroatoms. The van der Waals surface area contributed by atoms with Crippen LogP contribution >= 0.6 is 11.6 Å². The molecule has 0 spiro atoms. The van der Waals surface area contributed by atoms with Gasteiger partial charge in [-0.05, 0) is 50.3 Å². The molecule has 1 unspecified atom stereocenters. The van der Waals surface area contributed by atoms with Crippen molar-refractivity contribution in [3.05, 3.63) is 35.5 Å². The molecule has 164 valence electrons. The molecule has 3 heterocycles. The number of halogens is 1. The highest BCUT2D eigenvalue weighted by molar-refractivity contribution is 6.33. The van der Waals surface area contributed by atoms with Gasteiger partial charge in [0.05, 0.1) is 22.2 Å². The van der Waals surface area contributed by atoms with Gasteiger partial charge in [-0.3, -0.25) is 0 Å². The molecule has 4 rings (SSSR count). The summed E-state index contributed by atoms with van der Waals surface area (Å²) in [5.74, 6) is 1.58. The summed E-state index contributed by atoms with van der Waals surface area (Å²) in [6, 6.07) is 10.8. The van der Waals surface area contributed by atoms with Gasteiger partial charge in [-0.25, -0.2) is 9.97 Å². The molecule has 1 aliphatic carbocycles. The van der Waals surface area contributed by atoms with E-state index in [4.69, 9.17) is 21.3 Å². The van der Waals surface area contributed by atoms with Gasteiger partial charge in [0, 0.05) is 37.6 Å². The van der Waals surface area contributed by atoms with Crippen LogP contribution in [0.2, 0.25) is 5.02 Å². The molecule has 0 bridgehead atoms. The number of rotatable bonds is 6. The molecule has 1 atom stereocenters. The number of nitrogens with one attached hydrogen (secondary N) is 2. The molecule has 6 nitrogen and oxygen atoms in total. The Labute approximate surface area is 189 Å². The zero-order valence-electron chi connectivity index (χ0n) is 17.9. The van der Waals surface area contributed by atoms with Crippen LogP contribution in [0.15, 0.2) is 30.5 Å². The quantitative estimate of drug-likeness (QED) is 0.603. The predicted octanol–water partition coefficient (Wildman–Crippen LogP) is 5.66. The van der Waals surface area contributed by atoms with E-state index in [0.29, 0.717) is 24.2 Å². The van der Waals surface area contributed by atoms with Gasteiger partial charge in [-0.1, -0.05) is 36.9 Å². The number of nitriles is 1. The maximum absolute atomic E-state index is 9.78. The lowest BCUT2D eigenvalue weighted by atomic mass is 9.82. The van der Waals surface area contributed by atoms with Gasteiger partial charge in [0.15, 0.2) is 0 Å². The SMILES string of the molecule is N#CC1(CNc2cccc(-c3cc(NC4CCCCC4)ncc3Cl)n2)CCCOCC1. The van der Waals surface area contributed by atoms with E-state index in [2.05, 4.69) is 21.7 Å². The minimum atomic E-state index is -0.417. The highest BCUT2D eigenvalue weighted by Crippen LogP contribution is 2.32. The fourth-order valence-corrected chi connectivity index (χ4v) is 4.65. The number of hydrogen-bond acceptors (Lipinski definition) is 6. The van der Waals surface area contributed by atoms with Crippen molar-refractivity contribution in [1.82, 2.24) is 9.97 Å². The average molecular weight is 440 g/mol. The minimum absolute atomic E-state index is 0.417. The van der Waals surface area contributed by atoms with Gasteiger partial charge < -0.3 is 15.4 Å². The Hall–Kier alpha value is -2.36. The monoisotopic (exact) mass is 439 g/mol. The summed E-state index contributed by atoms with van der Waals surface area (Å²) in [5, 5.41) is 17.3. The Morgan fingerprint density at radius 1 is 1.13 bits per heavy atom. The molecule has 2 aromatic rings. The Kier molecular flexibility index (Phi) is 7.26. The first-order valence-electron chi connectivity index (χ1n) is 11.3. The first-order valence-corrected chi connectivity index (χ1v) is 11.7. The number of pyridine rings is 2. The standard InChI is InChI=1S/C24H30ClN5O/c25-20-15-27-23(29-18-6-2-1-3-7-18)14-19(20)21-8-4-9-22(30-21)28-17-24(16-26)10-5-12-31-13-11-24/h4,8-9,14-15,18H,1-3,5-7,10-13,17H2,(H,27,29)(H,28,30). The van der Waals surface area contributed by atoms with Crippen LogP contribution in [0.5, 0.6) is 0 Å². The van der Waals surface area contributed by atoms with E-state index in [0.717, 1.165) is 48.8 Å². The van der Waals surface area contributed by atoms with E-state index in [1.54, 1.807) is 6.20 Å². The highest BCUT2D eigenvalue weighted by atomic mass is 35.5. The summed E-state index contributed by atoms with van der Waals surface area (Å²) in [4.78, 5) is 9.25. The van der Waals surface area contributed by atoms with Gasteiger partial charge in [-0.2, -0.15) is 5.26 Å². The van der Waals surface area contributed by atoms with Crippen LogP contribution in [-0.2, 0) is 4.74 Å². The first kappa shape index (κ1) is 21.9. The molecule has 2 aromatic heterocycles. The molecular formula is C24H30ClN5O. The fourth-order valence-electron chi connectivity index (χ4n) is 4.45. The number of ether oxygens (including phenoxy) is 1. The van der Waals surface area contributed by atoms with Crippen molar-refractivity contribution >= 4 is 23.2 Å². The Morgan fingerprint density at radius 2 is 2.00 bits per heavy atom. The molecule has 1 saturated heterocycles. The summed E-state index contributed by atoms with van der Waals surface area (Å²) in [6.45, 7) is 1.92. The predicted molar refractivity (Wildman–Crippen MR) is 124 cm³/mol. The molecule has 2 aliphatic rings. The molecule has 0 radical (unpaired) electrons. The van der Waals surface area contributed by atoms with Crippen molar-refractivity contribution in [2.75, 3.05) is 30.4 Å². The van der Waals surface area contributed by atoms with E-state index in [9.17, 15) is 5.26 Å². The molecule has 2 N–H and O–H groups in total. The number of aromatic nitrogens is 2. The second-order valence-corrected chi connectivity index (χ2v) is 9.06. The minimum Gasteiger partial charge on any atom is -0.381 e. The second-order valence-electron chi connectivity index (χ2n) is 8.65. The zero-order valence-corrected chi connectivity index (χ0v) is 18.6. The third kappa shape index (κ3) is 5.66. The molecule has 1 saturated carbocycles. The number of nitrogens with zero attached hydrogens (tertiary/aromatic N) is 3. The van der Waals surface area contributed by atoms with Crippen LogP contribution in [0, 0.1) is 16.7 Å². The summed E-state index contributed by atoms with van der Waals surface area (Å²) >= 11 is 6.48. The molecule has 1 aliphatic heterocycles. The molecule has 0 amide bonds. The van der Waals surface area contributed by atoms with Crippen molar-refractivity contribution in [1.29, 1.82) is 5.26 Å². The van der Waals surface area contributed by atoms with Gasteiger partial charge in [-0.15, -0.1) is 0 Å². The lowest BCUT2D eigenvalue weighted by Gasteiger charge is -2.25. The largest absolute Gasteiger partial charge is 0.381 e. The van der Waals surface area contributed by atoms with E-state index < -0.39 is 5.41 Å². The van der Waals surface area contributed by atoms with Crippen molar-refractivity contribution in [2.24, 2.45) is 5.41 Å². The zero-order chi connectivity index (χ0) is 21.5. The lowest BCUT2D eigenvalue weighted by molar-refractivity contribution is 0.138. The summed E-state index contributed by atoms with van der Waals surface area (Å²) in [7, 11) is 0. The maximum atomic E-state index is 9.78. The van der Waals surface area contributed by atoms with Gasteiger partial charge in [0.25, 0.3) is 0 Å².